The molecule has 0 bridgehead atoms. The minimum Gasteiger partial charge on any atom is -0.309 e. The molecule has 0 N–H and O–H groups in total. The van der Waals surface area contributed by atoms with Crippen LogP contribution >= 0.6 is 0 Å². The Morgan fingerprint density at radius 2 is 1.11 bits per heavy atom. The standard InChI is InChI=1S/C60H51N5/c1-38-37-59(2,3)55-45(26-17-27-48(55)60(38,4)5)43-22-16-23-44(36-43)64-49-28-14-12-24-46(49)53-51(64)34-35-52-54(53)47-25-13-15-29-50(47)65(52)58-62-56(41-20-10-7-11-21-41)61-57(63-58)42-32-30-40(31-33-42)39-18-8-6-9-19-39/h6-12,14,16-36,38H,13,15,37H2,1-5H3. The second-order valence-corrected chi connectivity index (χ2v) is 19.4. The van der Waals surface area contributed by atoms with E-state index in [-0.39, 0.29) is 10.8 Å². The summed E-state index contributed by atoms with van der Waals surface area (Å²) in [6.07, 6.45) is 7.87. The van der Waals surface area contributed by atoms with Gasteiger partial charge in [0.25, 0.3) is 0 Å². The van der Waals surface area contributed by atoms with Gasteiger partial charge < -0.3 is 4.57 Å². The third kappa shape index (κ3) is 6.24. The Morgan fingerprint density at radius 1 is 0.508 bits per heavy atom. The molecule has 2 aliphatic rings. The first kappa shape index (κ1) is 39.2. The van der Waals surface area contributed by atoms with Crippen molar-refractivity contribution in [2.75, 3.05) is 0 Å². The van der Waals surface area contributed by atoms with Gasteiger partial charge in [0.05, 0.1) is 21.9 Å². The number of aromatic nitrogens is 5. The highest BCUT2D eigenvalue weighted by molar-refractivity contribution is 6.21. The first-order chi connectivity index (χ1) is 31.7. The van der Waals surface area contributed by atoms with E-state index in [2.05, 4.69) is 195 Å². The van der Waals surface area contributed by atoms with Gasteiger partial charge >= 0.3 is 0 Å². The van der Waals surface area contributed by atoms with Crippen molar-refractivity contribution in [3.05, 3.63) is 185 Å². The monoisotopic (exact) mass is 841 g/mol. The second kappa shape index (κ2) is 14.9. The van der Waals surface area contributed by atoms with Crippen LogP contribution in [0.3, 0.4) is 0 Å². The van der Waals surface area contributed by atoms with Crippen LogP contribution in [0.5, 0.6) is 0 Å². The lowest BCUT2D eigenvalue weighted by Crippen LogP contribution is -2.40. The summed E-state index contributed by atoms with van der Waals surface area (Å²) in [7, 11) is 0. The van der Waals surface area contributed by atoms with Crippen molar-refractivity contribution in [3.63, 3.8) is 0 Å². The molecule has 0 saturated heterocycles. The Labute approximate surface area is 380 Å². The summed E-state index contributed by atoms with van der Waals surface area (Å²) in [6, 6.07) is 59.1. The lowest BCUT2D eigenvalue weighted by atomic mass is 9.57. The number of hydrogen-bond donors (Lipinski definition) is 0. The third-order valence-electron chi connectivity index (χ3n) is 14.7. The van der Waals surface area contributed by atoms with Crippen molar-refractivity contribution in [1.29, 1.82) is 0 Å². The molecule has 0 amide bonds. The number of hydrogen-bond acceptors (Lipinski definition) is 3. The zero-order chi connectivity index (χ0) is 44.0. The molecular weight excluding hydrogens is 791 g/mol. The highest BCUT2D eigenvalue weighted by Gasteiger charge is 2.43. The third-order valence-corrected chi connectivity index (χ3v) is 14.7. The van der Waals surface area contributed by atoms with Crippen LogP contribution in [-0.2, 0) is 10.8 Å². The van der Waals surface area contributed by atoms with E-state index in [1.165, 1.54) is 60.2 Å². The van der Waals surface area contributed by atoms with Gasteiger partial charge in [0.15, 0.2) is 11.6 Å². The van der Waals surface area contributed by atoms with E-state index in [4.69, 9.17) is 15.0 Å². The van der Waals surface area contributed by atoms with E-state index in [1.807, 2.05) is 24.3 Å². The van der Waals surface area contributed by atoms with Gasteiger partial charge in [0, 0.05) is 38.2 Å². The summed E-state index contributed by atoms with van der Waals surface area (Å²) in [4.78, 5) is 15.7. The molecule has 316 valence electrons. The summed E-state index contributed by atoms with van der Waals surface area (Å²) < 4.78 is 4.76. The average molecular weight is 842 g/mol. The molecule has 1 unspecified atom stereocenters. The Hall–Kier alpha value is -7.37. The number of para-hydroxylation sites is 1. The van der Waals surface area contributed by atoms with Gasteiger partial charge in [-0.05, 0) is 99.7 Å². The van der Waals surface area contributed by atoms with E-state index in [9.17, 15) is 0 Å². The van der Waals surface area contributed by atoms with Gasteiger partial charge in [-0.2, -0.15) is 9.97 Å². The largest absolute Gasteiger partial charge is 0.309 e. The first-order valence-electron chi connectivity index (χ1n) is 23.2. The van der Waals surface area contributed by atoms with Crippen molar-refractivity contribution >= 4 is 44.9 Å². The normalized spacial score (nSPS) is 16.2. The van der Waals surface area contributed by atoms with E-state index >= 15 is 0 Å². The maximum Gasteiger partial charge on any atom is 0.238 e. The molecule has 3 aromatic heterocycles. The number of nitrogens with zero attached hydrogens (tertiary/aromatic N) is 5. The molecule has 2 aliphatic carbocycles. The molecule has 7 aromatic carbocycles. The number of benzene rings is 7. The number of fused-ring (bicyclic) bond motifs is 8. The highest BCUT2D eigenvalue weighted by Crippen LogP contribution is 2.52. The molecule has 10 aromatic rings. The molecule has 0 aliphatic heterocycles. The molecule has 0 radical (unpaired) electrons. The van der Waals surface area contributed by atoms with Crippen molar-refractivity contribution < 1.29 is 0 Å². The summed E-state index contributed by atoms with van der Waals surface area (Å²) in [5.41, 5.74) is 14.5. The van der Waals surface area contributed by atoms with Crippen LogP contribution in [0.4, 0.5) is 0 Å². The Morgan fingerprint density at radius 3 is 1.86 bits per heavy atom. The van der Waals surface area contributed by atoms with Gasteiger partial charge in [-0.1, -0.05) is 180 Å². The minimum absolute atomic E-state index is 0.0588. The Balaban J connectivity index is 1.07. The Kier molecular flexibility index (Phi) is 8.97. The smallest absolute Gasteiger partial charge is 0.238 e. The van der Waals surface area contributed by atoms with Crippen LogP contribution in [0.15, 0.2) is 164 Å². The van der Waals surface area contributed by atoms with Gasteiger partial charge in [-0.3, -0.25) is 4.57 Å². The first-order valence-corrected chi connectivity index (χ1v) is 23.2. The van der Waals surface area contributed by atoms with Gasteiger partial charge in [0.2, 0.25) is 5.95 Å². The molecule has 65 heavy (non-hydrogen) atoms. The SMILES string of the molecule is CC1CC(C)(C)c2c(-c3cccc(-n4c5ccccc5c5c6c7c(n(-c8nc(-c9ccccc9)nc(-c9ccc(-c%10ccccc%10)cc9)n8)c6ccc54)=CCCC=7)c3)cccc2C1(C)C. The summed E-state index contributed by atoms with van der Waals surface area (Å²) in [6.45, 7) is 12.2. The molecule has 12 rings (SSSR count). The van der Waals surface area contributed by atoms with Crippen molar-refractivity contribution in [1.82, 2.24) is 24.1 Å². The zero-order valence-corrected chi connectivity index (χ0v) is 37.7. The molecular formula is C60H51N5. The van der Waals surface area contributed by atoms with E-state index in [0.717, 1.165) is 52.5 Å². The van der Waals surface area contributed by atoms with E-state index < -0.39 is 0 Å². The molecule has 0 saturated carbocycles. The fourth-order valence-corrected chi connectivity index (χ4v) is 11.2. The van der Waals surface area contributed by atoms with Crippen LogP contribution < -0.4 is 10.6 Å². The molecule has 5 heteroatoms. The Bertz CT molecular complexity index is 3630. The maximum atomic E-state index is 5.32. The molecule has 0 fully saturated rings. The maximum absolute atomic E-state index is 5.32. The second-order valence-electron chi connectivity index (χ2n) is 19.4. The predicted octanol–water partition coefficient (Wildman–Crippen LogP) is 13.5. The van der Waals surface area contributed by atoms with Gasteiger partial charge in [-0.15, -0.1) is 0 Å². The van der Waals surface area contributed by atoms with Crippen molar-refractivity contribution in [3.8, 4) is 56.7 Å². The molecule has 1 atom stereocenters. The van der Waals surface area contributed by atoms with Crippen LogP contribution in [-0.4, -0.2) is 24.1 Å². The van der Waals surface area contributed by atoms with E-state index in [0.29, 0.717) is 23.5 Å². The fraction of sp³-hybridized carbons (Fsp3) is 0.183. The quantitative estimate of drug-likeness (QED) is 0.168. The van der Waals surface area contributed by atoms with Gasteiger partial charge in [0.1, 0.15) is 0 Å². The molecule has 5 nitrogen and oxygen atoms in total. The van der Waals surface area contributed by atoms with Crippen molar-refractivity contribution in [2.24, 2.45) is 5.92 Å². The fourth-order valence-electron chi connectivity index (χ4n) is 11.2. The van der Waals surface area contributed by atoms with Crippen LogP contribution in [0.25, 0.3) is 102 Å². The number of rotatable bonds is 6. The predicted molar refractivity (Wildman–Crippen MR) is 270 cm³/mol. The van der Waals surface area contributed by atoms with Crippen LogP contribution in [0.2, 0.25) is 0 Å². The highest BCUT2D eigenvalue weighted by atomic mass is 15.2. The lowest BCUT2D eigenvalue weighted by Gasteiger charge is -2.47. The zero-order valence-electron chi connectivity index (χ0n) is 37.7. The topological polar surface area (TPSA) is 48.5 Å². The average Bonchev–Trinajstić information content (AvgIpc) is 3.87. The van der Waals surface area contributed by atoms with Crippen molar-refractivity contribution in [2.45, 2.75) is 64.7 Å². The van der Waals surface area contributed by atoms with Gasteiger partial charge in [-0.25, -0.2) is 4.98 Å². The van der Waals surface area contributed by atoms with Crippen LogP contribution in [0.1, 0.15) is 65.0 Å². The van der Waals surface area contributed by atoms with E-state index in [1.54, 1.807) is 0 Å². The molecule has 0 spiro atoms. The lowest BCUT2D eigenvalue weighted by molar-refractivity contribution is 0.234. The summed E-state index contributed by atoms with van der Waals surface area (Å²) in [5.74, 6) is 2.49. The van der Waals surface area contributed by atoms with Crippen LogP contribution in [0, 0.1) is 5.92 Å². The summed E-state index contributed by atoms with van der Waals surface area (Å²) in [5, 5.41) is 6.06. The molecule has 3 heterocycles. The summed E-state index contributed by atoms with van der Waals surface area (Å²) >= 11 is 0. The minimum atomic E-state index is 0.0588.